The van der Waals surface area contributed by atoms with Gasteiger partial charge in [0.05, 0.1) is 0 Å². The van der Waals surface area contributed by atoms with E-state index < -0.39 is 0 Å². The second-order valence-corrected chi connectivity index (χ2v) is 4.28. The van der Waals surface area contributed by atoms with Gasteiger partial charge in [0.1, 0.15) is 0 Å². The van der Waals surface area contributed by atoms with Gasteiger partial charge in [-0.25, -0.2) is 0 Å². The largest absolute Gasteiger partial charge is 0.340 e. The van der Waals surface area contributed by atoms with E-state index in [0.717, 1.165) is 52.0 Å². The third-order valence-electron chi connectivity index (χ3n) is 2.95. The van der Waals surface area contributed by atoms with Gasteiger partial charge in [-0.15, -0.1) is 0 Å². The van der Waals surface area contributed by atoms with Crippen molar-refractivity contribution in [2.45, 2.75) is 25.7 Å². The highest BCUT2D eigenvalue weighted by Gasteiger charge is 2.17. The number of hydrogen-bond acceptors (Lipinski definition) is 3. The zero-order valence-electron chi connectivity index (χ0n) is 9.74. The van der Waals surface area contributed by atoms with Gasteiger partial charge >= 0.3 is 0 Å². The van der Waals surface area contributed by atoms with Gasteiger partial charge in [0, 0.05) is 32.6 Å². The van der Waals surface area contributed by atoms with Crippen LogP contribution in [-0.4, -0.2) is 55.5 Å². The number of piperazine rings is 1. The van der Waals surface area contributed by atoms with Crippen LogP contribution in [-0.2, 0) is 4.79 Å². The molecular weight excluding hydrogens is 190 g/mol. The van der Waals surface area contributed by atoms with E-state index in [0.29, 0.717) is 12.3 Å². The number of rotatable bonds is 5. The van der Waals surface area contributed by atoms with Crippen molar-refractivity contribution in [3.63, 3.8) is 0 Å². The van der Waals surface area contributed by atoms with Crippen LogP contribution < -0.4 is 5.73 Å². The maximum absolute atomic E-state index is 11.7. The predicted octanol–water partition coefficient (Wildman–Crippen LogP) is 0.280. The number of amides is 1. The number of likely N-dealkylation sites (N-methyl/N-ethyl adjacent to an activating group) is 1. The molecule has 4 nitrogen and oxygen atoms in total. The van der Waals surface area contributed by atoms with Crippen LogP contribution >= 0.6 is 0 Å². The first-order chi connectivity index (χ1) is 7.24. The Hall–Kier alpha value is -0.610. The van der Waals surface area contributed by atoms with Crippen LogP contribution in [0, 0.1) is 0 Å². The molecule has 1 aliphatic rings. The Labute approximate surface area is 92.4 Å². The summed E-state index contributed by atoms with van der Waals surface area (Å²) in [6.07, 6.45) is 3.80. The van der Waals surface area contributed by atoms with E-state index in [1.165, 1.54) is 0 Å². The molecule has 0 spiro atoms. The molecule has 1 amide bonds. The van der Waals surface area contributed by atoms with Crippen LogP contribution in [0.5, 0.6) is 0 Å². The van der Waals surface area contributed by atoms with Crippen molar-refractivity contribution in [1.29, 1.82) is 0 Å². The van der Waals surface area contributed by atoms with Crippen LogP contribution in [0.1, 0.15) is 25.7 Å². The highest BCUT2D eigenvalue weighted by molar-refractivity contribution is 5.76. The fourth-order valence-corrected chi connectivity index (χ4v) is 1.81. The van der Waals surface area contributed by atoms with E-state index in [1.54, 1.807) is 0 Å². The molecule has 0 aromatic heterocycles. The first kappa shape index (κ1) is 12.5. The summed E-state index contributed by atoms with van der Waals surface area (Å²) in [4.78, 5) is 16.0. The molecule has 0 bridgehead atoms. The number of hydrogen-bond donors (Lipinski definition) is 1. The lowest BCUT2D eigenvalue weighted by Gasteiger charge is -2.32. The molecule has 88 valence electrons. The molecule has 1 fully saturated rings. The smallest absolute Gasteiger partial charge is 0.222 e. The lowest BCUT2D eigenvalue weighted by Crippen LogP contribution is -2.47. The summed E-state index contributed by atoms with van der Waals surface area (Å²) in [7, 11) is 2.10. The van der Waals surface area contributed by atoms with Crippen molar-refractivity contribution in [1.82, 2.24) is 9.80 Å². The maximum atomic E-state index is 11.7. The minimum absolute atomic E-state index is 0.320. The van der Waals surface area contributed by atoms with Crippen LogP contribution in [0.4, 0.5) is 0 Å². The zero-order valence-corrected chi connectivity index (χ0v) is 9.74. The minimum Gasteiger partial charge on any atom is -0.340 e. The summed E-state index contributed by atoms with van der Waals surface area (Å²) in [5.41, 5.74) is 5.40. The van der Waals surface area contributed by atoms with Crippen LogP contribution in [0.2, 0.25) is 0 Å². The van der Waals surface area contributed by atoms with Crippen LogP contribution in [0.25, 0.3) is 0 Å². The fourth-order valence-electron chi connectivity index (χ4n) is 1.81. The Morgan fingerprint density at radius 1 is 1.13 bits per heavy atom. The molecule has 0 radical (unpaired) electrons. The summed E-state index contributed by atoms with van der Waals surface area (Å²) in [5, 5.41) is 0. The van der Waals surface area contributed by atoms with Gasteiger partial charge in [-0.3, -0.25) is 4.79 Å². The van der Waals surface area contributed by atoms with Crippen molar-refractivity contribution in [2.75, 3.05) is 39.8 Å². The Kier molecular flexibility index (Phi) is 5.65. The summed E-state index contributed by atoms with van der Waals surface area (Å²) in [6.45, 7) is 4.55. The summed E-state index contributed by atoms with van der Waals surface area (Å²) < 4.78 is 0. The number of nitrogens with zero attached hydrogens (tertiary/aromatic N) is 2. The maximum Gasteiger partial charge on any atom is 0.222 e. The molecule has 0 aliphatic carbocycles. The standard InChI is InChI=1S/C11H23N3O/c1-13-7-9-14(10-8-13)11(15)5-3-2-4-6-12/h2-10,12H2,1H3. The fraction of sp³-hybridized carbons (Fsp3) is 0.909. The second kappa shape index (κ2) is 6.80. The lowest BCUT2D eigenvalue weighted by atomic mass is 10.1. The Bertz CT molecular complexity index is 188. The van der Waals surface area contributed by atoms with Gasteiger partial charge in [-0.2, -0.15) is 0 Å². The molecule has 15 heavy (non-hydrogen) atoms. The predicted molar refractivity (Wildman–Crippen MR) is 61.6 cm³/mol. The lowest BCUT2D eigenvalue weighted by molar-refractivity contribution is -0.132. The monoisotopic (exact) mass is 213 g/mol. The van der Waals surface area contributed by atoms with Crippen molar-refractivity contribution in [3.05, 3.63) is 0 Å². The Balaban J connectivity index is 2.11. The van der Waals surface area contributed by atoms with Gasteiger partial charge in [-0.1, -0.05) is 6.42 Å². The first-order valence-electron chi connectivity index (χ1n) is 5.90. The van der Waals surface area contributed by atoms with Gasteiger partial charge in [0.2, 0.25) is 5.91 Å². The van der Waals surface area contributed by atoms with E-state index in [2.05, 4.69) is 11.9 Å². The first-order valence-corrected chi connectivity index (χ1v) is 5.90. The van der Waals surface area contributed by atoms with Crippen molar-refractivity contribution >= 4 is 5.91 Å². The van der Waals surface area contributed by atoms with E-state index in [9.17, 15) is 4.79 Å². The number of nitrogens with two attached hydrogens (primary N) is 1. The highest BCUT2D eigenvalue weighted by atomic mass is 16.2. The normalized spacial score (nSPS) is 18.1. The van der Waals surface area contributed by atoms with Crippen LogP contribution in [0.15, 0.2) is 0 Å². The third kappa shape index (κ3) is 4.62. The number of carbonyl (C=O) groups excluding carboxylic acids is 1. The van der Waals surface area contributed by atoms with E-state index >= 15 is 0 Å². The Morgan fingerprint density at radius 2 is 1.80 bits per heavy atom. The van der Waals surface area contributed by atoms with Gasteiger partial charge in [0.25, 0.3) is 0 Å². The topological polar surface area (TPSA) is 49.6 Å². The van der Waals surface area contributed by atoms with Crippen molar-refractivity contribution in [2.24, 2.45) is 5.73 Å². The molecule has 0 saturated carbocycles. The molecule has 2 N–H and O–H groups in total. The minimum atomic E-state index is 0.320. The van der Waals surface area contributed by atoms with Gasteiger partial charge in [0.15, 0.2) is 0 Å². The van der Waals surface area contributed by atoms with E-state index in [1.807, 2.05) is 4.90 Å². The molecule has 1 aliphatic heterocycles. The highest BCUT2D eigenvalue weighted by Crippen LogP contribution is 2.06. The molecular formula is C11H23N3O. The van der Waals surface area contributed by atoms with E-state index in [-0.39, 0.29) is 0 Å². The Morgan fingerprint density at radius 3 is 2.40 bits per heavy atom. The van der Waals surface area contributed by atoms with Gasteiger partial charge < -0.3 is 15.5 Å². The average molecular weight is 213 g/mol. The van der Waals surface area contributed by atoms with Crippen molar-refractivity contribution < 1.29 is 4.79 Å². The summed E-state index contributed by atoms with van der Waals surface area (Å²) in [6, 6.07) is 0. The quantitative estimate of drug-likeness (QED) is 0.667. The van der Waals surface area contributed by atoms with Crippen LogP contribution in [0.3, 0.4) is 0 Å². The zero-order chi connectivity index (χ0) is 11.1. The molecule has 0 aromatic carbocycles. The molecule has 1 saturated heterocycles. The summed E-state index contributed by atoms with van der Waals surface area (Å²) >= 11 is 0. The van der Waals surface area contributed by atoms with Crippen molar-refractivity contribution in [3.8, 4) is 0 Å². The second-order valence-electron chi connectivity index (χ2n) is 4.28. The summed E-state index contributed by atoms with van der Waals surface area (Å²) in [5.74, 6) is 0.320. The molecule has 0 aromatic rings. The molecule has 1 rings (SSSR count). The average Bonchev–Trinajstić information content (AvgIpc) is 2.25. The molecule has 0 atom stereocenters. The molecule has 0 unspecified atom stereocenters. The number of unbranched alkanes of at least 4 members (excludes halogenated alkanes) is 2. The van der Waals surface area contributed by atoms with Gasteiger partial charge in [-0.05, 0) is 26.4 Å². The third-order valence-corrected chi connectivity index (χ3v) is 2.95. The molecule has 1 heterocycles. The number of carbonyl (C=O) groups is 1. The molecule has 4 heteroatoms. The SMILES string of the molecule is CN1CCN(C(=O)CCCCCN)CC1. The van der Waals surface area contributed by atoms with E-state index in [4.69, 9.17) is 5.73 Å².